The van der Waals surface area contributed by atoms with E-state index >= 15 is 0 Å². The zero-order chi connectivity index (χ0) is 12.1. The van der Waals surface area contributed by atoms with Gasteiger partial charge in [0.05, 0.1) is 12.6 Å². The van der Waals surface area contributed by atoms with Crippen LogP contribution in [0, 0.1) is 0 Å². The Hall–Kier alpha value is -0.610. The molecule has 0 spiro atoms. The molecule has 0 saturated carbocycles. The molecule has 4 heteroatoms. The van der Waals surface area contributed by atoms with Gasteiger partial charge in [-0.05, 0) is 19.3 Å². The Morgan fingerprint density at radius 3 is 2.50 bits per heavy atom. The van der Waals surface area contributed by atoms with Crippen LogP contribution in [0.15, 0.2) is 0 Å². The number of likely N-dealkylation sites (N-methyl/N-ethyl adjacent to an activating group) is 1. The fourth-order valence-electron chi connectivity index (χ4n) is 2.58. The van der Waals surface area contributed by atoms with Gasteiger partial charge in [0.25, 0.3) is 0 Å². The third-order valence-electron chi connectivity index (χ3n) is 3.57. The molecule has 1 rings (SSSR count). The molecule has 1 amide bonds. The third kappa shape index (κ3) is 2.74. The van der Waals surface area contributed by atoms with Crippen LogP contribution in [0.25, 0.3) is 0 Å². The van der Waals surface area contributed by atoms with E-state index in [9.17, 15) is 4.79 Å². The lowest BCUT2D eigenvalue weighted by Crippen LogP contribution is -2.48. The Labute approximate surface area is 98.2 Å². The zero-order valence-corrected chi connectivity index (χ0v) is 10.6. The monoisotopic (exact) mass is 228 g/mol. The van der Waals surface area contributed by atoms with Gasteiger partial charge in [-0.2, -0.15) is 0 Å². The standard InChI is InChI=1S/C12H24N2O2/c1-4-10(5-2)14(8-9-15)11-6-7-13(3)12(11)16/h10-11,15H,4-9H2,1-3H3. The minimum absolute atomic E-state index is 0.0120. The van der Waals surface area contributed by atoms with E-state index in [0.717, 1.165) is 25.8 Å². The molecule has 1 N–H and O–H groups in total. The number of rotatable bonds is 6. The molecule has 1 aliphatic rings. The van der Waals surface area contributed by atoms with E-state index in [1.165, 1.54) is 0 Å². The fourth-order valence-corrected chi connectivity index (χ4v) is 2.58. The Balaban J connectivity index is 2.72. The van der Waals surface area contributed by atoms with Gasteiger partial charge < -0.3 is 10.0 Å². The van der Waals surface area contributed by atoms with E-state index in [2.05, 4.69) is 18.7 Å². The first-order chi connectivity index (χ1) is 7.65. The van der Waals surface area contributed by atoms with Crippen LogP contribution in [-0.4, -0.2) is 59.6 Å². The van der Waals surface area contributed by atoms with E-state index in [4.69, 9.17) is 5.11 Å². The Bertz CT molecular complexity index is 229. The Morgan fingerprint density at radius 2 is 2.12 bits per heavy atom. The van der Waals surface area contributed by atoms with Crippen LogP contribution < -0.4 is 0 Å². The number of carbonyl (C=O) groups is 1. The number of hydrogen-bond donors (Lipinski definition) is 1. The SMILES string of the molecule is CCC(CC)N(CCO)C1CCN(C)C1=O. The Morgan fingerprint density at radius 1 is 1.50 bits per heavy atom. The van der Waals surface area contributed by atoms with Gasteiger partial charge in [0.2, 0.25) is 5.91 Å². The summed E-state index contributed by atoms with van der Waals surface area (Å²) in [7, 11) is 1.85. The van der Waals surface area contributed by atoms with Gasteiger partial charge in [-0.15, -0.1) is 0 Å². The van der Waals surface area contributed by atoms with Crippen molar-refractivity contribution < 1.29 is 9.90 Å². The summed E-state index contributed by atoms with van der Waals surface area (Å²) in [5.74, 6) is 0.209. The van der Waals surface area contributed by atoms with Crippen LogP contribution in [0.1, 0.15) is 33.1 Å². The number of amides is 1. The highest BCUT2D eigenvalue weighted by Gasteiger charge is 2.35. The van der Waals surface area contributed by atoms with E-state index < -0.39 is 0 Å². The van der Waals surface area contributed by atoms with Gasteiger partial charge in [0.1, 0.15) is 0 Å². The lowest BCUT2D eigenvalue weighted by molar-refractivity contribution is -0.132. The minimum Gasteiger partial charge on any atom is -0.395 e. The first kappa shape index (κ1) is 13.5. The topological polar surface area (TPSA) is 43.8 Å². The molecular formula is C12H24N2O2. The molecule has 0 radical (unpaired) electrons. The van der Waals surface area contributed by atoms with Gasteiger partial charge in [-0.25, -0.2) is 0 Å². The molecule has 0 aromatic rings. The summed E-state index contributed by atoms with van der Waals surface area (Å²) < 4.78 is 0. The van der Waals surface area contributed by atoms with Crippen LogP contribution in [0.3, 0.4) is 0 Å². The van der Waals surface area contributed by atoms with Gasteiger partial charge in [-0.3, -0.25) is 9.69 Å². The molecular weight excluding hydrogens is 204 g/mol. The molecule has 1 unspecified atom stereocenters. The molecule has 4 nitrogen and oxygen atoms in total. The van der Waals surface area contributed by atoms with Crippen molar-refractivity contribution in [3.8, 4) is 0 Å². The van der Waals surface area contributed by atoms with E-state index in [1.807, 2.05) is 7.05 Å². The van der Waals surface area contributed by atoms with Crippen molar-refractivity contribution in [3.05, 3.63) is 0 Å². The molecule has 1 atom stereocenters. The van der Waals surface area contributed by atoms with Crippen LogP contribution in [0.2, 0.25) is 0 Å². The highest BCUT2D eigenvalue weighted by Crippen LogP contribution is 2.20. The van der Waals surface area contributed by atoms with E-state index in [-0.39, 0.29) is 18.6 Å². The molecule has 1 heterocycles. The summed E-state index contributed by atoms with van der Waals surface area (Å²) in [5, 5.41) is 9.12. The third-order valence-corrected chi connectivity index (χ3v) is 3.57. The molecule has 0 bridgehead atoms. The summed E-state index contributed by atoms with van der Waals surface area (Å²) in [4.78, 5) is 15.9. The first-order valence-electron chi connectivity index (χ1n) is 6.27. The molecule has 16 heavy (non-hydrogen) atoms. The lowest BCUT2D eigenvalue weighted by Gasteiger charge is -2.33. The summed E-state index contributed by atoms with van der Waals surface area (Å²) in [6.07, 6.45) is 2.96. The maximum absolute atomic E-state index is 12.0. The normalized spacial score (nSPS) is 21.5. The van der Waals surface area contributed by atoms with Crippen LogP contribution in [0.5, 0.6) is 0 Å². The Kier molecular flexibility index (Phi) is 5.22. The summed E-state index contributed by atoms with van der Waals surface area (Å²) in [6, 6.07) is 0.398. The van der Waals surface area contributed by atoms with Gasteiger partial charge >= 0.3 is 0 Å². The second kappa shape index (κ2) is 6.21. The molecule has 1 saturated heterocycles. The summed E-state index contributed by atoms with van der Waals surface area (Å²) in [6.45, 7) is 5.86. The van der Waals surface area contributed by atoms with Crippen molar-refractivity contribution in [3.63, 3.8) is 0 Å². The summed E-state index contributed by atoms with van der Waals surface area (Å²) in [5.41, 5.74) is 0. The van der Waals surface area contributed by atoms with Crippen molar-refractivity contribution >= 4 is 5.91 Å². The quantitative estimate of drug-likeness (QED) is 0.728. The average Bonchev–Trinajstić information content (AvgIpc) is 2.60. The van der Waals surface area contributed by atoms with Gasteiger partial charge in [0.15, 0.2) is 0 Å². The predicted molar refractivity (Wildman–Crippen MR) is 64.2 cm³/mol. The largest absolute Gasteiger partial charge is 0.395 e. The number of carbonyl (C=O) groups excluding carboxylic acids is 1. The van der Waals surface area contributed by atoms with Crippen LogP contribution >= 0.6 is 0 Å². The lowest BCUT2D eigenvalue weighted by atomic mass is 10.1. The maximum Gasteiger partial charge on any atom is 0.239 e. The van der Waals surface area contributed by atoms with Crippen LogP contribution in [-0.2, 0) is 4.79 Å². The molecule has 0 aromatic carbocycles. The number of nitrogens with zero attached hydrogens (tertiary/aromatic N) is 2. The highest BCUT2D eigenvalue weighted by molar-refractivity contribution is 5.83. The van der Waals surface area contributed by atoms with Crippen molar-refractivity contribution in [2.75, 3.05) is 26.7 Å². The minimum atomic E-state index is -0.0120. The number of hydrogen-bond acceptors (Lipinski definition) is 3. The number of likely N-dealkylation sites (tertiary alicyclic amines) is 1. The summed E-state index contributed by atoms with van der Waals surface area (Å²) >= 11 is 0. The van der Waals surface area contributed by atoms with Crippen molar-refractivity contribution in [1.82, 2.24) is 9.80 Å². The van der Waals surface area contributed by atoms with Crippen molar-refractivity contribution in [2.24, 2.45) is 0 Å². The fraction of sp³-hybridized carbons (Fsp3) is 0.917. The molecule has 0 aromatic heterocycles. The molecule has 1 fully saturated rings. The van der Waals surface area contributed by atoms with Crippen molar-refractivity contribution in [1.29, 1.82) is 0 Å². The smallest absolute Gasteiger partial charge is 0.239 e. The average molecular weight is 228 g/mol. The highest BCUT2D eigenvalue weighted by atomic mass is 16.3. The van der Waals surface area contributed by atoms with Gasteiger partial charge in [-0.1, -0.05) is 13.8 Å². The maximum atomic E-state index is 12.0. The number of aliphatic hydroxyl groups is 1. The molecule has 1 aliphatic heterocycles. The second-order valence-corrected chi connectivity index (χ2v) is 4.50. The van der Waals surface area contributed by atoms with Crippen LogP contribution in [0.4, 0.5) is 0 Å². The molecule has 0 aliphatic carbocycles. The van der Waals surface area contributed by atoms with Crippen molar-refractivity contribution in [2.45, 2.75) is 45.2 Å². The van der Waals surface area contributed by atoms with E-state index in [0.29, 0.717) is 12.6 Å². The zero-order valence-electron chi connectivity index (χ0n) is 10.6. The number of aliphatic hydroxyl groups excluding tert-OH is 1. The molecule has 94 valence electrons. The second-order valence-electron chi connectivity index (χ2n) is 4.50. The van der Waals surface area contributed by atoms with E-state index in [1.54, 1.807) is 4.90 Å². The first-order valence-corrected chi connectivity index (χ1v) is 6.27. The van der Waals surface area contributed by atoms with Gasteiger partial charge in [0, 0.05) is 26.2 Å². The predicted octanol–water partition coefficient (Wildman–Crippen LogP) is 0.700.